The third kappa shape index (κ3) is 2.47. The molecule has 88 valence electrons. The molecule has 0 aromatic carbocycles. The van der Waals surface area contributed by atoms with Crippen LogP contribution in [0.5, 0.6) is 0 Å². The van der Waals surface area contributed by atoms with Gasteiger partial charge in [0.2, 0.25) is 5.95 Å². The molecule has 0 radical (unpaired) electrons. The molecule has 1 aliphatic rings. The Morgan fingerprint density at radius 3 is 2.75 bits per heavy atom. The normalized spacial score (nSPS) is 22.1. The second-order valence-corrected chi connectivity index (χ2v) is 4.36. The summed E-state index contributed by atoms with van der Waals surface area (Å²) < 4.78 is 5.36. The highest BCUT2D eigenvalue weighted by Crippen LogP contribution is 2.18. The van der Waals surface area contributed by atoms with Crippen LogP contribution in [0.25, 0.3) is 0 Å². The van der Waals surface area contributed by atoms with Crippen LogP contribution in [0.4, 0.5) is 5.95 Å². The van der Waals surface area contributed by atoms with Gasteiger partial charge in [0.25, 0.3) is 0 Å². The monoisotopic (exact) mass is 222 g/mol. The van der Waals surface area contributed by atoms with Crippen LogP contribution in [0, 0.1) is 19.8 Å². The maximum atomic E-state index is 5.36. The Morgan fingerprint density at radius 2 is 2.12 bits per heavy atom. The smallest absolute Gasteiger partial charge is 0.243 e. The van der Waals surface area contributed by atoms with E-state index >= 15 is 0 Å². The summed E-state index contributed by atoms with van der Waals surface area (Å²) in [4.78, 5) is 4.36. The van der Waals surface area contributed by atoms with Crippen LogP contribution in [0.3, 0.4) is 0 Å². The molecule has 1 fully saturated rings. The summed E-state index contributed by atoms with van der Waals surface area (Å²) in [6.07, 6.45) is 1.10. The molecule has 2 atom stereocenters. The van der Waals surface area contributed by atoms with E-state index in [9.17, 15) is 0 Å². The first-order chi connectivity index (χ1) is 7.66. The Bertz CT molecular complexity index is 363. The van der Waals surface area contributed by atoms with E-state index in [0.29, 0.717) is 17.9 Å². The molecule has 0 amide bonds. The standard InChI is InChI=1S/C11H18N4O/c1-7-8(2)14-15-11(12-7)13-9(3)10-4-5-16-6-10/h9-10H,4-6H2,1-3H3,(H,12,13,15). The number of aryl methyl sites for hydroxylation is 2. The predicted octanol–water partition coefficient (Wildman–Crippen LogP) is 1.33. The van der Waals surface area contributed by atoms with Crippen LogP contribution < -0.4 is 5.32 Å². The molecule has 5 heteroatoms. The fraction of sp³-hybridized carbons (Fsp3) is 0.727. The van der Waals surface area contributed by atoms with Gasteiger partial charge in [-0.1, -0.05) is 0 Å². The second-order valence-electron chi connectivity index (χ2n) is 4.36. The largest absolute Gasteiger partial charge is 0.381 e. The van der Waals surface area contributed by atoms with Crippen molar-refractivity contribution in [3.8, 4) is 0 Å². The molecule has 2 unspecified atom stereocenters. The first kappa shape index (κ1) is 11.3. The lowest BCUT2D eigenvalue weighted by atomic mass is 10.0. The molecule has 0 spiro atoms. The lowest BCUT2D eigenvalue weighted by molar-refractivity contribution is 0.183. The van der Waals surface area contributed by atoms with Gasteiger partial charge in [-0.15, -0.1) is 5.10 Å². The van der Waals surface area contributed by atoms with Crippen molar-refractivity contribution in [3.05, 3.63) is 11.4 Å². The Morgan fingerprint density at radius 1 is 1.31 bits per heavy atom. The number of rotatable bonds is 3. The van der Waals surface area contributed by atoms with E-state index in [1.807, 2.05) is 13.8 Å². The molecular weight excluding hydrogens is 204 g/mol. The Balaban J connectivity index is 1.99. The average molecular weight is 222 g/mol. The third-order valence-electron chi connectivity index (χ3n) is 3.12. The van der Waals surface area contributed by atoms with Gasteiger partial charge in [0.05, 0.1) is 18.0 Å². The van der Waals surface area contributed by atoms with E-state index < -0.39 is 0 Å². The summed E-state index contributed by atoms with van der Waals surface area (Å²) in [5.41, 5.74) is 1.80. The number of aromatic nitrogens is 3. The number of nitrogens with zero attached hydrogens (tertiary/aromatic N) is 3. The number of hydrogen-bond acceptors (Lipinski definition) is 5. The minimum atomic E-state index is 0.325. The topological polar surface area (TPSA) is 59.9 Å². The third-order valence-corrected chi connectivity index (χ3v) is 3.12. The highest BCUT2D eigenvalue weighted by Gasteiger charge is 2.22. The molecule has 1 aromatic heterocycles. The van der Waals surface area contributed by atoms with Gasteiger partial charge in [0.1, 0.15) is 0 Å². The highest BCUT2D eigenvalue weighted by molar-refractivity contribution is 5.26. The summed E-state index contributed by atoms with van der Waals surface area (Å²) in [5.74, 6) is 1.16. The molecule has 0 aliphatic carbocycles. The van der Waals surface area contributed by atoms with Crippen molar-refractivity contribution in [3.63, 3.8) is 0 Å². The molecule has 2 rings (SSSR count). The zero-order valence-electron chi connectivity index (χ0n) is 10.0. The van der Waals surface area contributed by atoms with Crippen LogP contribution in [-0.4, -0.2) is 34.4 Å². The molecule has 1 saturated heterocycles. The molecule has 1 aromatic rings. The lowest BCUT2D eigenvalue weighted by Gasteiger charge is -2.18. The van der Waals surface area contributed by atoms with E-state index in [-0.39, 0.29) is 0 Å². The van der Waals surface area contributed by atoms with Crippen molar-refractivity contribution in [1.29, 1.82) is 0 Å². The van der Waals surface area contributed by atoms with Crippen molar-refractivity contribution < 1.29 is 4.74 Å². The van der Waals surface area contributed by atoms with Gasteiger partial charge in [-0.3, -0.25) is 0 Å². The van der Waals surface area contributed by atoms with Gasteiger partial charge in [-0.2, -0.15) is 5.10 Å². The Kier molecular flexibility index (Phi) is 3.33. The maximum Gasteiger partial charge on any atom is 0.243 e. The minimum Gasteiger partial charge on any atom is -0.381 e. The van der Waals surface area contributed by atoms with Crippen LogP contribution >= 0.6 is 0 Å². The van der Waals surface area contributed by atoms with Crippen LogP contribution in [0.2, 0.25) is 0 Å². The molecule has 5 nitrogen and oxygen atoms in total. The minimum absolute atomic E-state index is 0.325. The number of nitrogens with one attached hydrogen (secondary N) is 1. The van der Waals surface area contributed by atoms with Crippen LogP contribution in [-0.2, 0) is 4.74 Å². The van der Waals surface area contributed by atoms with Crippen LogP contribution in [0.15, 0.2) is 0 Å². The van der Waals surface area contributed by atoms with Gasteiger partial charge >= 0.3 is 0 Å². The summed E-state index contributed by atoms with van der Waals surface area (Å²) in [6, 6.07) is 0.325. The van der Waals surface area contributed by atoms with Crippen molar-refractivity contribution in [1.82, 2.24) is 15.2 Å². The van der Waals surface area contributed by atoms with Crippen molar-refractivity contribution in [2.24, 2.45) is 5.92 Å². The zero-order chi connectivity index (χ0) is 11.5. The van der Waals surface area contributed by atoms with Gasteiger partial charge in [0.15, 0.2) is 0 Å². The predicted molar refractivity (Wildman–Crippen MR) is 61.3 cm³/mol. The fourth-order valence-electron chi connectivity index (χ4n) is 1.79. The lowest BCUT2D eigenvalue weighted by Crippen LogP contribution is -2.27. The first-order valence-corrected chi connectivity index (χ1v) is 5.69. The van der Waals surface area contributed by atoms with Gasteiger partial charge < -0.3 is 10.1 Å². The molecule has 16 heavy (non-hydrogen) atoms. The summed E-state index contributed by atoms with van der Waals surface area (Å²) in [7, 11) is 0. The van der Waals surface area contributed by atoms with E-state index in [1.165, 1.54) is 0 Å². The summed E-state index contributed by atoms with van der Waals surface area (Å²) >= 11 is 0. The molecule has 1 aliphatic heterocycles. The molecule has 2 heterocycles. The molecule has 0 saturated carbocycles. The Labute approximate surface area is 95.6 Å². The zero-order valence-corrected chi connectivity index (χ0v) is 10.0. The van der Waals surface area contributed by atoms with Gasteiger partial charge in [0, 0.05) is 18.6 Å². The Hall–Kier alpha value is -1.23. The fourth-order valence-corrected chi connectivity index (χ4v) is 1.79. The molecule has 1 N–H and O–H groups in total. The quantitative estimate of drug-likeness (QED) is 0.836. The van der Waals surface area contributed by atoms with Gasteiger partial charge in [-0.25, -0.2) is 4.98 Å². The van der Waals surface area contributed by atoms with Gasteiger partial charge in [-0.05, 0) is 27.2 Å². The molecular formula is C11H18N4O. The SMILES string of the molecule is Cc1nnc(NC(C)C2CCOC2)nc1C. The maximum absolute atomic E-state index is 5.36. The number of hydrogen-bond donors (Lipinski definition) is 1. The number of anilines is 1. The second kappa shape index (κ2) is 4.74. The number of ether oxygens (including phenoxy) is 1. The van der Waals surface area contributed by atoms with E-state index in [0.717, 1.165) is 31.0 Å². The molecule has 0 bridgehead atoms. The van der Waals surface area contributed by atoms with Crippen molar-refractivity contribution >= 4 is 5.95 Å². The average Bonchev–Trinajstić information content (AvgIpc) is 2.77. The van der Waals surface area contributed by atoms with E-state index in [4.69, 9.17) is 4.74 Å². The first-order valence-electron chi connectivity index (χ1n) is 5.69. The van der Waals surface area contributed by atoms with Crippen LogP contribution in [0.1, 0.15) is 24.7 Å². The summed E-state index contributed by atoms with van der Waals surface area (Å²) in [5, 5.41) is 11.4. The van der Waals surface area contributed by atoms with E-state index in [1.54, 1.807) is 0 Å². The van der Waals surface area contributed by atoms with Crippen molar-refractivity contribution in [2.75, 3.05) is 18.5 Å². The van der Waals surface area contributed by atoms with E-state index in [2.05, 4.69) is 27.4 Å². The summed E-state index contributed by atoms with van der Waals surface area (Å²) in [6.45, 7) is 7.68. The van der Waals surface area contributed by atoms with Crippen molar-refractivity contribution in [2.45, 2.75) is 33.2 Å². The highest BCUT2D eigenvalue weighted by atomic mass is 16.5.